The molecule has 0 saturated carbocycles. The molecule has 0 unspecified atom stereocenters. The summed E-state index contributed by atoms with van der Waals surface area (Å²) in [6.07, 6.45) is 5.73. The van der Waals surface area contributed by atoms with Gasteiger partial charge in [0.2, 0.25) is 5.91 Å². The van der Waals surface area contributed by atoms with Crippen LogP contribution in [0.2, 0.25) is 0 Å². The Kier molecular flexibility index (Phi) is 5.90. The number of ether oxygens (including phenoxy) is 3. The maximum atomic E-state index is 12.0. The minimum atomic E-state index is -0.147. The zero-order valence-electron chi connectivity index (χ0n) is 16.0. The fourth-order valence-corrected chi connectivity index (χ4v) is 3.05. The number of hydrogen-bond acceptors (Lipinski definition) is 5. The molecule has 0 spiro atoms. The average Bonchev–Trinajstić information content (AvgIpc) is 2.77. The molecular formula is C23H22N2O4. The molecule has 0 atom stereocenters. The Balaban J connectivity index is 1.21. The van der Waals surface area contributed by atoms with E-state index in [0.29, 0.717) is 38.5 Å². The number of nitrogens with zero attached hydrogens (tertiary/aromatic N) is 1. The lowest BCUT2D eigenvalue weighted by Crippen LogP contribution is -2.23. The molecule has 1 aliphatic rings. The summed E-state index contributed by atoms with van der Waals surface area (Å²) in [5.41, 5.74) is 1.73. The normalized spacial score (nSPS) is 12.8. The van der Waals surface area contributed by atoms with Gasteiger partial charge in [-0.05, 0) is 42.3 Å². The number of nitrogens with one attached hydrogen (secondary N) is 1. The fourth-order valence-electron chi connectivity index (χ4n) is 3.05. The van der Waals surface area contributed by atoms with Gasteiger partial charge in [-0.15, -0.1) is 0 Å². The summed E-state index contributed by atoms with van der Waals surface area (Å²) in [5, 5.41) is 3.91. The molecule has 1 aromatic heterocycles. The van der Waals surface area contributed by atoms with Crippen LogP contribution in [-0.2, 0) is 4.79 Å². The number of benzene rings is 2. The van der Waals surface area contributed by atoms with Crippen molar-refractivity contribution < 1.29 is 19.0 Å². The van der Waals surface area contributed by atoms with Crippen LogP contribution in [0.3, 0.4) is 0 Å². The third-order valence-electron chi connectivity index (χ3n) is 4.47. The number of aromatic nitrogens is 1. The van der Waals surface area contributed by atoms with Gasteiger partial charge in [-0.25, -0.2) is 0 Å². The molecule has 2 aromatic carbocycles. The highest BCUT2D eigenvalue weighted by Crippen LogP contribution is 2.31. The lowest BCUT2D eigenvalue weighted by molar-refractivity contribution is -0.116. The van der Waals surface area contributed by atoms with Crippen LogP contribution in [-0.4, -0.2) is 37.3 Å². The Morgan fingerprint density at radius 2 is 1.97 bits per heavy atom. The van der Waals surface area contributed by atoms with E-state index in [0.717, 1.165) is 28.0 Å². The van der Waals surface area contributed by atoms with Gasteiger partial charge in [-0.1, -0.05) is 24.3 Å². The summed E-state index contributed by atoms with van der Waals surface area (Å²) in [4.78, 5) is 16.4. The fraction of sp³-hybridized carbons (Fsp3) is 0.217. The lowest BCUT2D eigenvalue weighted by Gasteiger charge is -2.18. The van der Waals surface area contributed by atoms with Gasteiger partial charge in [0, 0.05) is 24.2 Å². The minimum absolute atomic E-state index is 0.147. The quantitative estimate of drug-likeness (QED) is 0.493. The van der Waals surface area contributed by atoms with Gasteiger partial charge in [-0.3, -0.25) is 9.78 Å². The topological polar surface area (TPSA) is 69.7 Å². The van der Waals surface area contributed by atoms with Crippen LogP contribution >= 0.6 is 0 Å². The van der Waals surface area contributed by atoms with Crippen LogP contribution in [0.15, 0.2) is 60.8 Å². The summed E-state index contributed by atoms with van der Waals surface area (Å²) in [6, 6.07) is 15.4. The third kappa shape index (κ3) is 4.85. The average molecular weight is 390 g/mol. The second-order valence-corrected chi connectivity index (χ2v) is 6.56. The van der Waals surface area contributed by atoms with Gasteiger partial charge in [0.25, 0.3) is 0 Å². The van der Waals surface area contributed by atoms with Gasteiger partial charge in [0.05, 0.1) is 6.61 Å². The number of hydrogen-bond donors (Lipinski definition) is 1. The number of fused-ring (bicyclic) bond motifs is 2. The monoisotopic (exact) mass is 390 g/mol. The van der Waals surface area contributed by atoms with Crippen LogP contribution in [0, 0.1) is 0 Å². The van der Waals surface area contributed by atoms with Gasteiger partial charge in [0.1, 0.15) is 24.5 Å². The van der Waals surface area contributed by atoms with E-state index in [4.69, 9.17) is 14.2 Å². The molecule has 0 saturated heterocycles. The van der Waals surface area contributed by atoms with Crippen molar-refractivity contribution in [3.63, 3.8) is 0 Å². The zero-order valence-corrected chi connectivity index (χ0v) is 16.0. The number of para-hydroxylation sites is 1. The van der Waals surface area contributed by atoms with Crippen LogP contribution in [0.25, 0.3) is 17.0 Å². The maximum absolute atomic E-state index is 12.0. The van der Waals surface area contributed by atoms with E-state index in [-0.39, 0.29) is 5.91 Å². The summed E-state index contributed by atoms with van der Waals surface area (Å²) < 4.78 is 16.9. The largest absolute Gasteiger partial charge is 0.491 e. The Labute approximate surface area is 169 Å². The van der Waals surface area contributed by atoms with Crippen molar-refractivity contribution in [2.75, 3.05) is 26.4 Å². The highest BCUT2D eigenvalue weighted by molar-refractivity contribution is 5.91. The first-order valence-corrected chi connectivity index (χ1v) is 9.62. The molecule has 3 aromatic rings. The predicted molar refractivity (Wildman–Crippen MR) is 111 cm³/mol. The zero-order chi connectivity index (χ0) is 19.9. The Morgan fingerprint density at radius 3 is 2.90 bits per heavy atom. The van der Waals surface area contributed by atoms with Gasteiger partial charge in [0.15, 0.2) is 11.5 Å². The van der Waals surface area contributed by atoms with Crippen LogP contribution in [0.4, 0.5) is 0 Å². The van der Waals surface area contributed by atoms with Gasteiger partial charge in [-0.2, -0.15) is 0 Å². The van der Waals surface area contributed by atoms with Crippen molar-refractivity contribution in [1.29, 1.82) is 0 Å². The minimum Gasteiger partial charge on any atom is -0.491 e. The van der Waals surface area contributed by atoms with E-state index in [1.807, 2.05) is 48.5 Å². The lowest BCUT2D eigenvalue weighted by atomic mass is 10.2. The number of carbonyl (C=O) groups excluding carboxylic acids is 1. The molecule has 1 N–H and O–H groups in total. The van der Waals surface area contributed by atoms with E-state index in [1.165, 1.54) is 6.08 Å². The molecule has 6 heteroatoms. The number of rotatable bonds is 7. The van der Waals surface area contributed by atoms with E-state index >= 15 is 0 Å². The van der Waals surface area contributed by atoms with Crippen molar-refractivity contribution in [3.8, 4) is 17.2 Å². The van der Waals surface area contributed by atoms with E-state index in [9.17, 15) is 4.79 Å². The highest BCUT2D eigenvalue weighted by atomic mass is 16.6. The molecule has 0 radical (unpaired) electrons. The highest BCUT2D eigenvalue weighted by Gasteiger charge is 2.10. The van der Waals surface area contributed by atoms with Crippen LogP contribution in [0.5, 0.6) is 17.2 Å². The van der Waals surface area contributed by atoms with Crippen molar-refractivity contribution >= 4 is 22.9 Å². The van der Waals surface area contributed by atoms with Crippen molar-refractivity contribution in [2.45, 2.75) is 6.42 Å². The van der Waals surface area contributed by atoms with E-state index in [1.54, 1.807) is 12.3 Å². The molecule has 0 aliphatic carbocycles. The molecule has 29 heavy (non-hydrogen) atoms. The standard InChI is InChI=1S/C23H22N2O4/c26-22(10-8-17-7-9-19-21(16-17)29-15-14-28-19)24-12-3-13-27-20-6-1-4-18-5-2-11-25-23(18)20/h1-2,4-11,16H,3,12-15H2,(H,24,26)/b10-8+. The van der Waals surface area contributed by atoms with Gasteiger partial charge >= 0.3 is 0 Å². The second-order valence-electron chi connectivity index (χ2n) is 6.56. The predicted octanol–water partition coefficient (Wildman–Crippen LogP) is 3.60. The van der Waals surface area contributed by atoms with Crippen molar-refractivity contribution in [3.05, 3.63) is 66.4 Å². The molecule has 4 rings (SSSR count). The second kappa shape index (κ2) is 9.10. The van der Waals surface area contributed by atoms with Crippen LogP contribution in [0.1, 0.15) is 12.0 Å². The Hall–Kier alpha value is -3.54. The summed E-state index contributed by atoms with van der Waals surface area (Å²) in [6.45, 7) is 2.13. The third-order valence-corrected chi connectivity index (χ3v) is 4.47. The Bertz CT molecular complexity index is 1030. The van der Waals surface area contributed by atoms with Crippen LogP contribution < -0.4 is 19.5 Å². The van der Waals surface area contributed by atoms with Gasteiger partial charge < -0.3 is 19.5 Å². The summed E-state index contributed by atoms with van der Waals surface area (Å²) >= 11 is 0. The summed E-state index contributed by atoms with van der Waals surface area (Å²) in [5.74, 6) is 2.05. The molecule has 1 amide bonds. The smallest absolute Gasteiger partial charge is 0.244 e. The number of carbonyl (C=O) groups is 1. The number of pyridine rings is 1. The van der Waals surface area contributed by atoms with Crippen molar-refractivity contribution in [1.82, 2.24) is 10.3 Å². The van der Waals surface area contributed by atoms with E-state index in [2.05, 4.69) is 10.3 Å². The maximum Gasteiger partial charge on any atom is 0.244 e. The first-order valence-electron chi connectivity index (χ1n) is 9.62. The number of amides is 1. The first kappa shape index (κ1) is 18.8. The molecule has 0 fully saturated rings. The first-order chi connectivity index (χ1) is 14.3. The molecule has 1 aliphatic heterocycles. The molecule has 6 nitrogen and oxygen atoms in total. The molecular weight excluding hydrogens is 368 g/mol. The summed E-state index contributed by atoms with van der Waals surface area (Å²) in [7, 11) is 0. The molecule has 148 valence electrons. The van der Waals surface area contributed by atoms with E-state index < -0.39 is 0 Å². The molecule has 0 bridgehead atoms. The molecule has 2 heterocycles. The SMILES string of the molecule is O=C(/C=C/c1ccc2c(c1)OCCO2)NCCCOc1cccc2cccnc12. The Morgan fingerprint density at radius 1 is 1.10 bits per heavy atom. The van der Waals surface area contributed by atoms with Crippen molar-refractivity contribution in [2.24, 2.45) is 0 Å².